The average molecular weight is 519 g/mol. The van der Waals surface area contributed by atoms with Gasteiger partial charge in [-0.25, -0.2) is 17.2 Å². The molecule has 0 bridgehead atoms. The van der Waals surface area contributed by atoms with Crippen LogP contribution in [-0.2, 0) is 14.8 Å². The molecule has 0 aliphatic carbocycles. The van der Waals surface area contributed by atoms with Crippen LogP contribution >= 0.6 is 23.4 Å². The second-order valence-corrected chi connectivity index (χ2v) is 11.0. The van der Waals surface area contributed by atoms with E-state index in [0.717, 1.165) is 22.5 Å². The Morgan fingerprint density at radius 3 is 2.64 bits per heavy atom. The summed E-state index contributed by atoms with van der Waals surface area (Å²) in [6.07, 6.45) is 1.69. The third-order valence-corrected chi connectivity index (χ3v) is 8.21. The van der Waals surface area contributed by atoms with E-state index < -0.39 is 45.4 Å². The number of aliphatic hydroxyl groups is 1. The topological polar surface area (TPSA) is 77.9 Å². The summed E-state index contributed by atoms with van der Waals surface area (Å²) in [5, 5.41) is 10.6. The van der Waals surface area contributed by atoms with Gasteiger partial charge in [-0.2, -0.15) is 11.8 Å². The van der Waals surface area contributed by atoms with Gasteiger partial charge in [0.2, 0.25) is 0 Å². The molecule has 3 rings (SSSR count). The summed E-state index contributed by atoms with van der Waals surface area (Å²) in [5.74, 6) is -1.61. The number of hydrogen-bond acceptors (Lipinski definition) is 5. The van der Waals surface area contributed by atoms with Crippen molar-refractivity contribution in [1.82, 2.24) is 4.90 Å². The summed E-state index contributed by atoms with van der Waals surface area (Å²) in [7, 11) is -4.33. The molecule has 1 aliphatic rings. The van der Waals surface area contributed by atoms with Crippen molar-refractivity contribution in [3.63, 3.8) is 0 Å². The highest BCUT2D eigenvalue weighted by Gasteiger charge is 2.38. The first-order valence-electron chi connectivity index (χ1n) is 10.4. The second kappa shape index (κ2) is 11.0. The van der Waals surface area contributed by atoms with Crippen molar-refractivity contribution < 1.29 is 27.1 Å². The number of halogens is 3. The molecule has 0 aromatic heterocycles. The van der Waals surface area contributed by atoms with E-state index in [2.05, 4.69) is 0 Å². The number of piperidine rings is 1. The summed E-state index contributed by atoms with van der Waals surface area (Å²) in [4.78, 5) is 14.0. The van der Waals surface area contributed by atoms with E-state index in [1.54, 1.807) is 0 Å². The molecule has 2 aromatic rings. The molecule has 0 saturated carbocycles. The van der Waals surface area contributed by atoms with Gasteiger partial charge >= 0.3 is 0 Å². The van der Waals surface area contributed by atoms with Gasteiger partial charge in [0, 0.05) is 24.2 Å². The van der Waals surface area contributed by atoms with Gasteiger partial charge < -0.3 is 10.0 Å². The maximum absolute atomic E-state index is 14.8. The van der Waals surface area contributed by atoms with E-state index in [9.17, 15) is 27.1 Å². The number of aliphatic hydroxyl groups excluding tert-OH is 1. The van der Waals surface area contributed by atoms with Gasteiger partial charge in [-0.15, -0.1) is 0 Å². The van der Waals surface area contributed by atoms with E-state index in [4.69, 9.17) is 11.6 Å². The first-order valence-corrected chi connectivity index (χ1v) is 13.6. The van der Waals surface area contributed by atoms with E-state index >= 15 is 0 Å². The largest absolute Gasteiger partial charge is 0.383 e. The minimum absolute atomic E-state index is 0.0576. The van der Waals surface area contributed by atoms with Gasteiger partial charge in [0.05, 0.1) is 16.6 Å². The molecule has 0 spiro atoms. The van der Waals surface area contributed by atoms with Crippen LogP contribution in [0.4, 0.5) is 14.5 Å². The molecule has 1 amide bonds. The maximum atomic E-state index is 14.8. The van der Waals surface area contributed by atoms with E-state index in [-0.39, 0.29) is 17.9 Å². The number of benzene rings is 2. The third-order valence-electron chi connectivity index (χ3n) is 5.44. The molecule has 180 valence electrons. The third kappa shape index (κ3) is 5.98. The number of nitrogens with zero attached hydrogens (tertiary/aromatic N) is 2. The maximum Gasteiger partial charge on any atom is 0.264 e. The van der Waals surface area contributed by atoms with Crippen molar-refractivity contribution in [1.29, 1.82) is 0 Å². The monoisotopic (exact) mass is 518 g/mol. The number of anilines is 1. The first-order chi connectivity index (χ1) is 15.6. The van der Waals surface area contributed by atoms with Crippen LogP contribution in [0.3, 0.4) is 0 Å². The summed E-state index contributed by atoms with van der Waals surface area (Å²) < 4.78 is 56.9. The SMILES string of the molecule is CSCCC(O)C(=O)N1CCCC(N(c2cc(F)ccc2F)S(=O)(=O)c2ccc(Cl)cc2)C1. The molecule has 33 heavy (non-hydrogen) atoms. The normalized spacial score (nSPS) is 17.6. The number of thioether (sulfide) groups is 1. The van der Waals surface area contributed by atoms with Gasteiger partial charge in [-0.1, -0.05) is 11.6 Å². The molecule has 1 saturated heterocycles. The van der Waals surface area contributed by atoms with Crippen molar-refractivity contribution in [3.05, 3.63) is 59.1 Å². The summed E-state index contributed by atoms with van der Waals surface area (Å²) in [5.41, 5.74) is -0.438. The zero-order valence-electron chi connectivity index (χ0n) is 18.0. The molecule has 2 atom stereocenters. The summed E-state index contributed by atoms with van der Waals surface area (Å²) in [6.45, 7) is 0.282. The Balaban J connectivity index is 2.00. The van der Waals surface area contributed by atoms with Gasteiger partial charge in [-0.05, 0) is 67.7 Å². The van der Waals surface area contributed by atoms with Crippen molar-refractivity contribution in [3.8, 4) is 0 Å². The van der Waals surface area contributed by atoms with Gasteiger partial charge in [0.1, 0.15) is 17.7 Å². The molecular weight excluding hydrogens is 494 g/mol. The highest BCUT2D eigenvalue weighted by atomic mass is 35.5. The van der Waals surface area contributed by atoms with Crippen LogP contribution < -0.4 is 4.31 Å². The second-order valence-electron chi connectivity index (χ2n) is 7.73. The van der Waals surface area contributed by atoms with Gasteiger partial charge in [0.25, 0.3) is 15.9 Å². The Morgan fingerprint density at radius 1 is 1.27 bits per heavy atom. The number of carbonyl (C=O) groups is 1. The zero-order chi connectivity index (χ0) is 24.2. The highest BCUT2D eigenvalue weighted by molar-refractivity contribution is 7.98. The lowest BCUT2D eigenvalue weighted by atomic mass is 10.0. The fourth-order valence-electron chi connectivity index (χ4n) is 3.81. The number of amides is 1. The number of sulfonamides is 1. The molecule has 1 heterocycles. The van der Waals surface area contributed by atoms with Crippen LogP contribution in [0.25, 0.3) is 0 Å². The highest BCUT2D eigenvalue weighted by Crippen LogP contribution is 2.33. The lowest BCUT2D eigenvalue weighted by Crippen LogP contribution is -2.54. The summed E-state index contributed by atoms with van der Waals surface area (Å²) >= 11 is 7.38. The molecule has 1 fully saturated rings. The lowest BCUT2D eigenvalue weighted by molar-refractivity contribution is -0.141. The molecule has 1 N–H and O–H groups in total. The molecule has 0 radical (unpaired) electrons. The Morgan fingerprint density at radius 2 is 1.97 bits per heavy atom. The van der Waals surface area contributed by atoms with Gasteiger partial charge in [0.15, 0.2) is 0 Å². The quantitative estimate of drug-likeness (QED) is 0.573. The van der Waals surface area contributed by atoms with Crippen LogP contribution in [-0.4, -0.2) is 61.6 Å². The van der Waals surface area contributed by atoms with Crippen LogP contribution in [0.1, 0.15) is 19.3 Å². The fraction of sp³-hybridized carbons (Fsp3) is 0.409. The Kier molecular flexibility index (Phi) is 8.60. The number of rotatable bonds is 8. The van der Waals surface area contributed by atoms with Crippen LogP contribution in [0.5, 0.6) is 0 Å². The first kappa shape index (κ1) is 25.7. The van der Waals surface area contributed by atoms with Crippen molar-refractivity contribution in [2.45, 2.75) is 36.3 Å². The molecule has 11 heteroatoms. The Labute approximate surface area is 201 Å². The minimum atomic E-state index is -4.33. The number of likely N-dealkylation sites (tertiary alicyclic amines) is 1. The fourth-order valence-corrected chi connectivity index (χ4v) is 6.06. The van der Waals surface area contributed by atoms with E-state index in [0.29, 0.717) is 30.2 Å². The lowest BCUT2D eigenvalue weighted by Gasteiger charge is -2.40. The predicted octanol–water partition coefficient (Wildman–Crippen LogP) is 3.92. The molecule has 2 unspecified atom stereocenters. The minimum Gasteiger partial charge on any atom is -0.383 e. The molecule has 1 aliphatic heterocycles. The predicted molar refractivity (Wildman–Crippen MR) is 126 cm³/mol. The molecule has 6 nitrogen and oxygen atoms in total. The number of carbonyl (C=O) groups excluding carboxylic acids is 1. The molecule has 2 aromatic carbocycles. The van der Waals surface area contributed by atoms with Crippen molar-refractivity contribution >= 4 is 45.0 Å². The Bertz CT molecular complexity index is 1090. The zero-order valence-corrected chi connectivity index (χ0v) is 20.3. The smallest absolute Gasteiger partial charge is 0.264 e. The van der Waals surface area contributed by atoms with E-state index in [1.165, 1.54) is 40.9 Å². The van der Waals surface area contributed by atoms with E-state index in [1.807, 2.05) is 6.26 Å². The number of hydrogen-bond donors (Lipinski definition) is 1. The molecular formula is C22H25ClF2N2O4S2. The van der Waals surface area contributed by atoms with Crippen LogP contribution in [0, 0.1) is 11.6 Å². The van der Waals surface area contributed by atoms with Crippen molar-refractivity contribution in [2.75, 3.05) is 29.4 Å². The van der Waals surface area contributed by atoms with Gasteiger partial charge in [-0.3, -0.25) is 9.10 Å². The Hall–Kier alpha value is -1.88. The average Bonchev–Trinajstić information content (AvgIpc) is 2.79. The van der Waals surface area contributed by atoms with Crippen LogP contribution in [0.2, 0.25) is 5.02 Å². The summed E-state index contributed by atoms with van der Waals surface area (Å²) in [6, 6.07) is 7.13. The standard InChI is InChI=1S/C22H25ClF2N2O4S2/c1-32-12-10-21(28)22(29)26-11-2-3-17(14-26)27(20-13-16(24)6-9-19(20)25)33(30,31)18-7-4-15(23)5-8-18/h4-9,13,17,21,28H,2-3,10-12,14H2,1H3. The van der Waals surface area contributed by atoms with Crippen molar-refractivity contribution in [2.24, 2.45) is 0 Å². The van der Waals surface area contributed by atoms with Crippen LogP contribution in [0.15, 0.2) is 47.4 Å².